The van der Waals surface area contributed by atoms with Gasteiger partial charge in [0, 0.05) is 24.2 Å². The second-order valence-corrected chi connectivity index (χ2v) is 8.65. The van der Waals surface area contributed by atoms with Crippen molar-refractivity contribution in [1.29, 1.82) is 0 Å². The number of nitrogens with zero attached hydrogens (tertiary/aromatic N) is 3. The van der Waals surface area contributed by atoms with Gasteiger partial charge in [-0.2, -0.15) is 0 Å². The first kappa shape index (κ1) is 20.6. The Morgan fingerprint density at radius 3 is 2.75 bits per heavy atom. The number of carbonyl (C=O) groups is 1. The molecule has 7 nitrogen and oxygen atoms in total. The highest BCUT2D eigenvalue weighted by Gasteiger charge is 2.27. The lowest BCUT2D eigenvalue weighted by atomic mass is 10.2. The first-order chi connectivity index (χ1) is 15.8. The van der Waals surface area contributed by atoms with E-state index in [2.05, 4.69) is 15.2 Å². The van der Waals surface area contributed by atoms with Gasteiger partial charge in [0.2, 0.25) is 11.1 Å². The third kappa shape index (κ3) is 4.96. The summed E-state index contributed by atoms with van der Waals surface area (Å²) < 4.78 is 11.3. The highest BCUT2D eigenvalue weighted by molar-refractivity contribution is 7.99. The Kier molecular flexibility index (Phi) is 6.11. The molecular formula is C24H24N4O3S. The Bertz CT molecular complexity index is 1110. The number of hydrogen-bond acceptors (Lipinski definition) is 6. The zero-order valence-electron chi connectivity index (χ0n) is 17.6. The molecule has 1 fully saturated rings. The number of rotatable bonds is 8. The summed E-state index contributed by atoms with van der Waals surface area (Å²) in [5, 5.41) is 7.85. The summed E-state index contributed by atoms with van der Waals surface area (Å²) in [6, 6.07) is 15.6. The molecule has 1 amide bonds. The number of benzene rings is 2. The lowest BCUT2D eigenvalue weighted by Gasteiger charge is -2.24. The zero-order valence-corrected chi connectivity index (χ0v) is 18.4. The normalized spacial score (nSPS) is 15.1. The van der Waals surface area contributed by atoms with E-state index in [-0.39, 0.29) is 11.7 Å². The molecule has 1 saturated carbocycles. The Labute approximate surface area is 190 Å². The number of amides is 1. The van der Waals surface area contributed by atoms with Gasteiger partial charge in [-0.05, 0) is 30.5 Å². The van der Waals surface area contributed by atoms with Crippen molar-refractivity contribution in [3.05, 3.63) is 66.0 Å². The fourth-order valence-corrected chi connectivity index (χ4v) is 4.16. The average Bonchev–Trinajstić information content (AvgIpc) is 3.58. The van der Waals surface area contributed by atoms with Crippen LogP contribution in [0.2, 0.25) is 0 Å². The number of fused-ring (bicyclic) bond motifs is 1. The lowest BCUT2D eigenvalue weighted by molar-refractivity contribution is -0.116. The van der Waals surface area contributed by atoms with E-state index in [1.165, 1.54) is 11.8 Å². The first-order valence-electron chi connectivity index (χ1n) is 10.7. The number of aromatic nitrogens is 3. The van der Waals surface area contributed by atoms with Crippen molar-refractivity contribution in [1.82, 2.24) is 15.2 Å². The predicted octanol–water partition coefficient (Wildman–Crippen LogP) is 4.29. The van der Waals surface area contributed by atoms with E-state index in [0.717, 1.165) is 29.9 Å². The van der Waals surface area contributed by atoms with Gasteiger partial charge >= 0.3 is 0 Å². The minimum atomic E-state index is -0.0258. The van der Waals surface area contributed by atoms with Gasteiger partial charge < -0.3 is 14.4 Å². The molecule has 1 aliphatic carbocycles. The lowest BCUT2D eigenvalue weighted by Crippen LogP contribution is -2.32. The third-order valence-corrected chi connectivity index (χ3v) is 6.14. The maximum atomic E-state index is 13.2. The molecule has 0 saturated heterocycles. The highest BCUT2D eigenvalue weighted by Crippen LogP contribution is 2.38. The summed E-state index contributed by atoms with van der Waals surface area (Å²) in [5.74, 6) is 3.01. The van der Waals surface area contributed by atoms with E-state index >= 15 is 0 Å². The summed E-state index contributed by atoms with van der Waals surface area (Å²) in [4.78, 5) is 19.5. The van der Waals surface area contributed by atoms with E-state index in [9.17, 15) is 4.79 Å². The third-order valence-electron chi connectivity index (χ3n) is 5.31. The van der Waals surface area contributed by atoms with E-state index < -0.39 is 0 Å². The van der Waals surface area contributed by atoms with Crippen molar-refractivity contribution in [2.24, 2.45) is 0 Å². The van der Waals surface area contributed by atoms with Crippen LogP contribution in [0.3, 0.4) is 0 Å². The monoisotopic (exact) mass is 448 g/mol. The number of thioether (sulfide) groups is 1. The van der Waals surface area contributed by atoms with Crippen LogP contribution in [0.15, 0.2) is 59.8 Å². The SMILES string of the molecule is O=C(CSc1n[nH]c(C2CC2)n1)N(C/C=C/c1ccccc1)c1ccc2c(c1)OCCO2. The minimum Gasteiger partial charge on any atom is -0.486 e. The molecular weight excluding hydrogens is 424 g/mol. The average molecular weight is 449 g/mol. The molecule has 0 bridgehead atoms. The summed E-state index contributed by atoms with van der Waals surface area (Å²) in [6.45, 7) is 1.47. The maximum absolute atomic E-state index is 13.2. The molecule has 1 N–H and O–H groups in total. The van der Waals surface area contributed by atoms with Gasteiger partial charge in [0.15, 0.2) is 11.5 Å². The van der Waals surface area contributed by atoms with Crippen LogP contribution in [0, 0.1) is 0 Å². The maximum Gasteiger partial charge on any atom is 0.237 e. The van der Waals surface area contributed by atoms with Crippen molar-refractivity contribution in [2.45, 2.75) is 23.9 Å². The molecule has 164 valence electrons. The number of ether oxygens (including phenoxy) is 2. The Hall–Kier alpha value is -3.26. The quantitative estimate of drug-likeness (QED) is 0.518. The molecule has 5 rings (SSSR count). The molecule has 2 aromatic carbocycles. The van der Waals surface area contributed by atoms with Crippen molar-refractivity contribution in [2.75, 3.05) is 30.4 Å². The molecule has 1 aliphatic heterocycles. The molecule has 2 heterocycles. The predicted molar refractivity (Wildman–Crippen MR) is 124 cm³/mol. The number of H-pyrrole nitrogens is 1. The van der Waals surface area contributed by atoms with Gasteiger partial charge in [-0.1, -0.05) is 54.2 Å². The van der Waals surface area contributed by atoms with Crippen LogP contribution in [-0.2, 0) is 4.79 Å². The van der Waals surface area contributed by atoms with Gasteiger partial charge in [0.1, 0.15) is 19.0 Å². The molecule has 0 radical (unpaired) electrons. The fourth-order valence-electron chi connectivity index (χ4n) is 3.48. The van der Waals surface area contributed by atoms with Crippen molar-refractivity contribution in [3.8, 4) is 11.5 Å². The minimum absolute atomic E-state index is 0.0258. The Morgan fingerprint density at radius 2 is 1.94 bits per heavy atom. The van der Waals surface area contributed by atoms with Crippen molar-refractivity contribution < 1.29 is 14.3 Å². The van der Waals surface area contributed by atoms with E-state index in [1.54, 1.807) is 4.90 Å². The van der Waals surface area contributed by atoms with Gasteiger partial charge in [0.25, 0.3) is 0 Å². The number of anilines is 1. The van der Waals surface area contributed by atoms with Gasteiger partial charge in [-0.25, -0.2) is 4.98 Å². The topological polar surface area (TPSA) is 80.3 Å². The number of carbonyl (C=O) groups excluding carboxylic acids is 1. The van der Waals surface area contributed by atoms with Crippen LogP contribution in [0.1, 0.15) is 30.1 Å². The van der Waals surface area contributed by atoms with E-state index in [0.29, 0.717) is 42.3 Å². The van der Waals surface area contributed by atoms with Crippen LogP contribution in [-0.4, -0.2) is 46.6 Å². The summed E-state index contributed by atoms with van der Waals surface area (Å²) in [5.41, 5.74) is 1.86. The highest BCUT2D eigenvalue weighted by atomic mass is 32.2. The molecule has 1 aromatic heterocycles. The number of nitrogens with one attached hydrogen (secondary N) is 1. The van der Waals surface area contributed by atoms with Crippen molar-refractivity contribution in [3.63, 3.8) is 0 Å². The molecule has 0 unspecified atom stereocenters. The summed E-state index contributed by atoms with van der Waals surface area (Å²) in [7, 11) is 0. The van der Waals surface area contributed by atoms with Crippen LogP contribution in [0.5, 0.6) is 11.5 Å². The summed E-state index contributed by atoms with van der Waals surface area (Å²) >= 11 is 1.35. The largest absolute Gasteiger partial charge is 0.486 e. The van der Waals surface area contributed by atoms with Gasteiger partial charge in [0.05, 0.1) is 5.75 Å². The van der Waals surface area contributed by atoms with Crippen LogP contribution < -0.4 is 14.4 Å². The van der Waals surface area contributed by atoms with E-state index in [1.807, 2.05) is 60.7 Å². The van der Waals surface area contributed by atoms with Crippen molar-refractivity contribution >= 4 is 29.4 Å². The van der Waals surface area contributed by atoms with Gasteiger partial charge in [-0.3, -0.25) is 9.89 Å². The second kappa shape index (κ2) is 9.48. The number of hydrogen-bond donors (Lipinski definition) is 1. The Morgan fingerprint density at radius 1 is 1.12 bits per heavy atom. The smallest absolute Gasteiger partial charge is 0.237 e. The Balaban J connectivity index is 1.31. The van der Waals surface area contributed by atoms with E-state index in [4.69, 9.17) is 9.47 Å². The van der Waals surface area contributed by atoms with Crippen LogP contribution >= 0.6 is 11.8 Å². The van der Waals surface area contributed by atoms with Crippen LogP contribution in [0.25, 0.3) is 6.08 Å². The standard InChI is InChI=1S/C24H24N4O3S/c29-22(16-32-24-25-23(26-27-24)18-8-9-18)28(12-4-7-17-5-2-1-3-6-17)19-10-11-20-21(15-19)31-14-13-30-20/h1-7,10-11,15,18H,8-9,12-14,16H2,(H,25,26,27)/b7-4+. The molecule has 8 heteroatoms. The summed E-state index contributed by atoms with van der Waals surface area (Å²) in [6.07, 6.45) is 6.32. The fraction of sp³-hybridized carbons (Fsp3) is 0.292. The number of aromatic amines is 1. The second-order valence-electron chi connectivity index (χ2n) is 7.71. The molecule has 32 heavy (non-hydrogen) atoms. The molecule has 3 aromatic rings. The van der Waals surface area contributed by atoms with Gasteiger partial charge in [-0.15, -0.1) is 5.10 Å². The first-order valence-corrected chi connectivity index (χ1v) is 11.7. The zero-order chi connectivity index (χ0) is 21.8. The molecule has 2 aliphatic rings. The molecule has 0 spiro atoms. The molecule has 0 atom stereocenters. The van der Waals surface area contributed by atoms with Crippen LogP contribution in [0.4, 0.5) is 5.69 Å².